The van der Waals surface area contributed by atoms with Gasteiger partial charge >= 0.3 is 18.1 Å². The SMILES string of the molecule is CN(C)C(=O)Nc1ccc(Cl)cc1.CNC(=O)NC.CNC(=O)NC.Cc1ccccc1. The average molecular weight is 467 g/mol. The number of aryl methyl sites for hydroxylation is 1. The van der Waals surface area contributed by atoms with Crippen molar-refractivity contribution in [1.29, 1.82) is 0 Å². The van der Waals surface area contributed by atoms with Crippen LogP contribution in [0.2, 0.25) is 5.02 Å². The van der Waals surface area contributed by atoms with Crippen molar-refractivity contribution in [2.45, 2.75) is 6.92 Å². The standard InChI is InChI=1S/C9H11ClN2O.C7H8.2C3H8N2O/c1-12(2)9(13)11-8-5-3-7(10)4-6-8;1-7-5-3-2-4-6-7;2*1-4-3(6)5-2/h3-6H,1-2H3,(H,11,13);2-6H,1H3;2*1-2H3,(H2,4,5,6). The molecule has 32 heavy (non-hydrogen) atoms. The second-order valence-corrected chi connectivity index (χ2v) is 6.58. The summed E-state index contributed by atoms with van der Waals surface area (Å²) in [4.78, 5) is 32.6. The topological polar surface area (TPSA) is 115 Å². The molecule has 2 aromatic carbocycles. The molecule has 0 radical (unpaired) electrons. The predicted octanol–water partition coefficient (Wildman–Crippen LogP) is 3.52. The number of hydrogen-bond acceptors (Lipinski definition) is 3. The fourth-order valence-corrected chi connectivity index (χ4v) is 1.68. The lowest BCUT2D eigenvalue weighted by molar-refractivity contribution is 0.230. The molecule has 0 atom stereocenters. The summed E-state index contributed by atoms with van der Waals surface area (Å²) in [5.74, 6) is 0. The highest BCUT2D eigenvalue weighted by molar-refractivity contribution is 6.30. The molecule has 178 valence electrons. The van der Waals surface area contributed by atoms with Crippen LogP contribution in [-0.2, 0) is 0 Å². The van der Waals surface area contributed by atoms with Gasteiger partial charge in [0.05, 0.1) is 0 Å². The maximum Gasteiger partial charge on any atom is 0.321 e. The van der Waals surface area contributed by atoms with Crippen LogP contribution in [0.4, 0.5) is 20.1 Å². The molecule has 10 heteroatoms. The largest absolute Gasteiger partial charge is 0.341 e. The molecule has 0 bridgehead atoms. The molecule has 9 nitrogen and oxygen atoms in total. The molecule has 0 aliphatic rings. The van der Waals surface area contributed by atoms with Crippen molar-refractivity contribution in [3.63, 3.8) is 0 Å². The van der Waals surface area contributed by atoms with Gasteiger partial charge in [0.2, 0.25) is 0 Å². The first-order valence-corrected chi connectivity index (χ1v) is 10.0. The molecule has 0 aromatic heterocycles. The van der Waals surface area contributed by atoms with E-state index in [0.717, 1.165) is 5.69 Å². The number of carbonyl (C=O) groups is 3. The number of nitrogens with one attached hydrogen (secondary N) is 5. The summed E-state index contributed by atoms with van der Waals surface area (Å²) in [7, 11) is 9.64. The van der Waals surface area contributed by atoms with Crippen LogP contribution in [0.3, 0.4) is 0 Å². The minimum absolute atomic E-state index is 0.151. The van der Waals surface area contributed by atoms with Crippen molar-refractivity contribution in [2.75, 3.05) is 47.6 Å². The highest BCUT2D eigenvalue weighted by Crippen LogP contribution is 2.13. The van der Waals surface area contributed by atoms with Gasteiger partial charge in [0.15, 0.2) is 0 Å². The second kappa shape index (κ2) is 19.5. The van der Waals surface area contributed by atoms with Crippen molar-refractivity contribution in [3.05, 3.63) is 65.2 Å². The Morgan fingerprint density at radius 3 is 1.38 bits per heavy atom. The normalized spacial score (nSPS) is 8.38. The molecule has 0 saturated heterocycles. The molecule has 2 aromatic rings. The van der Waals surface area contributed by atoms with E-state index in [4.69, 9.17) is 11.6 Å². The van der Waals surface area contributed by atoms with Crippen molar-refractivity contribution in [2.24, 2.45) is 0 Å². The van der Waals surface area contributed by atoms with Crippen LogP contribution in [0.5, 0.6) is 0 Å². The van der Waals surface area contributed by atoms with Crippen LogP contribution in [0.1, 0.15) is 5.56 Å². The molecular formula is C22H35ClN6O3. The van der Waals surface area contributed by atoms with Gasteiger partial charge in [-0.3, -0.25) is 0 Å². The Kier molecular flexibility index (Phi) is 18.7. The highest BCUT2D eigenvalue weighted by Gasteiger charge is 2.02. The summed E-state index contributed by atoms with van der Waals surface area (Å²) in [6, 6.07) is 16.8. The zero-order valence-corrected chi connectivity index (χ0v) is 20.5. The first-order valence-electron chi connectivity index (χ1n) is 9.65. The second-order valence-electron chi connectivity index (χ2n) is 6.14. The number of carbonyl (C=O) groups excluding carboxylic acids is 3. The van der Waals surface area contributed by atoms with Crippen molar-refractivity contribution >= 4 is 35.4 Å². The van der Waals surface area contributed by atoms with Gasteiger partial charge in [-0.2, -0.15) is 0 Å². The summed E-state index contributed by atoms with van der Waals surface area (Å²) in [5.41, 5.74) is 2.06. The summed E-state index contributed by atoms with van der Waals surface area (Å²) in [6.07, 6.45) is 0. The Balaban J connectivity index is 0. The Bertz CT molecular complexity index is 743. The molecule has 0 fully saturated rings. The van der Waals surface area contributed by atoms with Crippen LogP contribution in [0, 0.1) is 6.92 Å². The molecule has 6 amide bonds. The van der Waals surface area contributed by atoms with E-state index in [1.807, 2.05) is 18.2 Å². The van der Waals surface area contributed by atoms with Gasteiger partial charge in [-0.25, -0.2) is 14.4 Å². The number of benzene rings is 2. The fraction of sp³-hybridized carbons (Fsp3) is 0.318. The van der Waals surface area contributed by atoms with Crippen molar-refractivity contribution in [3.8, 4) is 0 Å². The van der Waals surface area contributed by atoms with Gasteiger partial charge in [-0.1, -0.05) is 47.5 Å². The first-order chi connectivity index (χ1) is 15.1. The van der Waals surface area contributed by atoms with Crippen LogP contribution in [-0.4, -0.2) is 65.3 Å². The quantitative estimate of drug-likeness (QED) is 0.443. The fourth-order valence-electron chi connectivity index (χ4n) is 1.55. The van der Waals surface area contributed by atoms with Crippen LogP contribution >= 0.6 is 11.6 Å². The van der Waals surface area contributed by atoms with Crippen molar-refractivity contribution < 1.29 is 14.4 Å². The summed E-state index contributed by atoms with van der Waals surface area (Å²) in [5, 5.41) is 12.8. The van der Waals surface area contributed by atoms with E-state index in [1.165, 1.54) is 10.5 Å². The molecule has 0 aliphatic heterocycles. The van der Waals surface area contributed by atoms with E-state index in [-0.39, 0.29) is 18.1 Å². The van der Waals surface area contributed by atoms with E-state index in [9.17, 15) is 14.4 Å². The average Bonchev–Trinajstić information content (AvgIpc) is 2.81. The van der Waals surface area contributed by atoms with Crippen LogP contribution < -0.4 is 26.6 Å². The summed E-state index contributed by atoms with van der Waals surface area (Å²) in [6.45, 7) is 2.08. The van der Waals surface area contributed by atoms with Gasteiger partial charge in [0, 0.05) is 53.0 Å². The van der Waals surface area contributed by atoms with E-state index in [2.05, 4.69) is 45.6 Å². The highest BCUT2D eigenvalue weighted by atomic mass is 35.5. The number of rotatable bonds is 1. The lowest BCUT2D eigenvalue weighted by atomic mass is 10.2. The van der Waals surface area contributed by atoms with Gasteiger partial charge in [-0.05, 0) is 31.2 Å². The van der Waals surface area contributed by atoms with Crippen LogP contribution in [0.15, 0.2) is 54.6 Å². The van der Waals surface area contributed by atoms with Gasteiger partial charge in [0.25, 0.3) is 0 Å². The Labute approximate surface area is 195 Å². The molecule has 0 heterocycles. The Morgan fingerprint density at radius 2 is 1.12 bits per heavy atom. The van der Waals surface area contributed by atoms with Gasteiger partial charge in [-0.15, -0.1) is 0 Å². The number of amides is 6. The third-order valence-electron chi connectivity index (χ3n) is 3.35. The molecule has 0 aliphatic carbocycles. The maximum atomic E-state index is 11.2. The zero-order valence-electron chi connectivity index (χ0n) is 19.7. The number of anilines is 1. The Morgan fingerprint density at radius 1 is 0.719 bits per heavy atom. The van der Waals surface area contributed by atoms with Gasteiger partial charge in [0.1, 0.15) is 0 Å². The lowest BCUT2D eigenvalue weighted by Gasteiger charge is -2.11. The number of urea groups is 3. The molecule has 2 rings (SSSR count). The molecule has 5 N–H and O–H groups in total. The number of nitrogens with zero attached hydrogens (tertiary/aromatic N) is 1. The predicted molar refractivity (Wildman–Crippen MR) is 132 cm³/mol. The third kappa shape index (κ3) is 18.6. The van der Waals surface area contributed by atoms with E-state index in [1.54, 1.807) is 66.6 Å². The van der Waals surface area contributed by atoms with Crippen molar-refractivity contribution in [1.82, 2.24) is 26.2 Å². The molecule has 0 spiro atoms. The van der Waals surface area contributed by atoms with Gasteiger partial charge < -0.3 is 31.5 Å². The van der Waals surface area contributed by atoms with E-state index in [0.29, 0.717) is 5.02 Å². The molecular weight excluding hydrogens is 432 g/mol. The zero-order chi connectivity index (χ0) is 24.9. The number of hydrogen-bond donors (Lipinski definition) is 5. The minimum atomic E-state index is -0.157. The monoisotopic (exact) mass is 466 g/mol. The van der Waals surface area contributed by atoms with E-state index < -0.39 is 0 Å². The Hall–Kier alpha value is -3.46. The number of halogens is 1. The summed E-state index contributed by atoms with van der Waals surface area (Å²) >= 11 is 5.69. The van der Waals surface area contributed by atoms with E-state index >= 15 is 0 Å². The van der Waals surface area contributed by atoms with Crippen LogP contribution in [0.25, 0.3) is 0 Å². The minimum Gasteiger partial charge on any atom is -0.341 e. The molecule has 0 saturated carbocycles. The first kappa shape index (κ1) is 30.7. The summed E-state index contributed by atoms with van der Waals surface area (Å²) < 4.78 is 0. The third-order valence-corrected chi connectivity index (χ3v) is 3.60. The smallest absolute Gasteiger partial charge is 0.321 e. The lowest BCUT2D eigenvalue weighted by Crippen LogP contribution is -2.28. The molecule has 0 unspecified atom stereocenters. The maximum absolute atomic E-state index is 11.2.